The van der Waals surface area contributed by atoms with Crippen molar-refractivity contribution < 1.29 is 9.59 Å². The first-order valence-electron chi connectivity index (χ1n) is 6.11. The maximum absolute atomic E-state index is 12.1. The van der Waals surface area contributed by atoms with Gasteiger partial charge < -0.3 is 10.2 Å². The molecule has 1 atom stereocenters. The molecular formula is C12H18N4O2. The third-order valence-corrected chi connectivity index (χ3v) is 3.21. The van der Waals surface area contributed by atoms with Gasteiger partial charge in [-0.15, -0.1) is 0 Å². The lowest BCUT2D eigenvalue weighted by Crippen LogP contribution is -2.42. The number of rotatable bonds is 2. The molecule has 6 nitrogen and oxygen atoms in total. The molecule has 0 radical (unpaired) electrons. The van der Waals surface area contributed by atoms with Gasteiger partial charge in [0.25, 0.3) is 0 Å². The van der Waals surface area contributed by atoms with Crippen molar-refractivity contribution in [2.24, 2.45) is 13.0 Å². The number of nitrogens with zero attached hydrogens (tertiary/aromatic N) is 3. The number of carbonyl (C=O) groups excluding carboxylic acids is 2. The molecule has 1 aromatic heterocycles. The van der Waals surface area contributed by atoms with Crippen LogP contribution in [0.25, 0.3) is 0 Å². The van der Waals surface area contributed by atoms with Crippen LogP contribution in [-0.2, 0) is 16.6 Å². The Labute approximate surface area is 106 Å². The van der Waals surface area contributed by atoms with Crippen molar-refractivity contribution in [2.75, 3.05) is 18.4 Å². The SMILES string of the molecule is CC(=O)N1CCC[C@H](C(=O)Nc2cnn(C)c2)C1. The number of carbonyl (C=O) groups is 2. The van der Waals surface area contributed by atoms with Crippen molar-refractivity contribution in [1.29, 1.82) is 0 Å². The van der Waals surface area contributed by atoms with Gasteiger partial charge in [0.1, 0.15) is 0 Å². The van der Waals surface area contributed by atoms with Crippen LogP contribution in [0, 0.1) is 5.92 Å². The number of aryl methyl sites for hydroxylation is 1. The fraction of sp³-hybridized carbons (Fsp3) is 0.583. The molecule has 1 aliphatic heterocycles. The van der Waals surface area contributed by atoms with Crippen LogP contribution >= 0.6 is 0 Å². The standard InChI is InChI=1S/C12H18N4O2/c1-9(17)16-5-3-4-10(7-16)12(18)14-11-6-13-15(2)8-11/h6,8,10H,3-5,7H2,1-2H3,(H,14,18)/t10-/m0/s1. The molecule has 2 amide bonds. The molecule has 1 aromatic rings. The fourth-order valence-electron chi connectivity index (χ4n) is 2.21. The number of anilines is 1. The van der Waals surface area contributed by atoms with Gasteiger partial charge in [0.05, 0.1) is 17.8 Å². The van der Waals surface area contributed by atoms with Crippen LogP contribution < -0.4 is 5.32 Å². The number of aromatic nitrogens is 2. The molecule has 18 heavy (non-hydrogen) atoms. The van der Waals surface area contributed by atoms with Gasteiger partial charge in [-0.25, -0.2) is 0 Å². The minimum absolute atomic E-state index is 0.0334. The minimum atomic E-state index is -0.122. The van der Waals surface area contributed by atoms with E-state index < -0.39 is 0 Å². The average molecular weight is 250 g/mol. The zero-order valence-electron chi connectivity index (χ0n) is 10.7. The molecule has 0 aromatic carbocycles. The Morgan fingerprint density at radius 1 is 1.50 bits per heavy atom. The predicted octanol–water partition coefficient (Wildman–Crippen LogP) is 0.617. The molecule has 6 heteroatoms. The third kappa shape index (κ3) is 2.88. The maximum atomic E-state index is 12.1. The van der Waals surface area contributed by atoms with Crippen LogP contribution in [0.3, 0.4) is 0 Å². The zero-order valence-corrected chi connectivity index (χ0v) is 10.7. The Morgan fingerprint density at radius 3 is 2.89 bits per heavy atom. The van der Waals surface area contributed by atoms with E-state index in [9.17, 15) is 9.59 Å². The Kier molecular flexibility index (Phi) is 3.64. The smallest absolute Gasteiger partial charge is 0.229 e. The van der Waals surface area contributed by atoms with Crippen molar-refractivity contribution >= 4 is 17.5 Å². The Hall–Kier alpha value is -1.85. The zero-order chi connectivity index (χ0) is 13.1. The summed E-state index contributed by atoms with van der Waals surface area (Å²) in [5.74, 6) is -0.120. The van der Waals surface area contributed by atoms with E-state index in [-0.39, 0.29) is 17.7 Å². The summed E-state index contributed by atoms with van der Waals surface area (Å²) in [6.07, 6.45) is 5.08. The van der Waals surface area contributed by atoms with Crippen LogP contribution in [0.5, 0.6) is 0 Å². The van der Waals surface area contributed by atoms with Gasteiger partial charge in [0.2, 0.25) is 11.8 Å². The second-order valence-electron chi connectivity index (χ2n) is 4.70. The normalized spacial score (nSPS) is 19.7. The van der Waals surface area contributed by atoms with E-state index >= 15 is 0 Å². The van der Waals surface area contributed by atoms with E-state index in [1.807, 2.05) is 0 Å². The molecule has 2 heterocycles. The van der Waals surface area contributed by atoms with E-state index in [1.165, 1.54) is 0 Å². The topological polar surface area (TPSA) is 67.2 Å². The molecule has 1 N–H and O–H groups in total. The Balaban J connectivity index is 1.94. The van der Waals surface area contributed by atoms with Crippen molar-refractivity contribution in [3.63, 3.8) is 0 Å². The average Bonchev–Trinajstić information content (AvgIpc) is 2.75. The monoisotopic (exact) mass is 250 g/mol. The predicted molar refractivity (Wildman–Crippen MR) is 66.8 cm³/mol. The number of hydrogen-bond donors (Lipinski definition) is 1. The quantitative estimate of drug-likeness (QED) is 0.836. The lowest BCUT2D eigenvalue weighted by atomic mass is 9.97. The van der Waals surface area contributed by atoms with Gasteiger partial charge in [-0.2, -0.15) is 5.10 Å². The largest absolute Gasteiger partial charge is 0.342 e. The molecule has 1 fully saturated rings. The molecule has 0 aliphatic carbocycles. The molecule has 1 aliphatic rings. The van der Waals surface area contributed by atoms with E-state index in [2.05, 4.69) is 10.4 Å². The first-order chi connectivity index (χ1) is 8.56. The van der Waals surface area contributed by atoms with Gasteiger partial charge in [-0.1, -0.05) is 0 Å². The second-order valence-corrected chi connectivity index (χ2v) is 4.70. The van der Waals surface area contributed by atoms with Crippen molar-refractivity contribution in [3.8, 4) is 0 Å². The summed E-state index contributed by atoms with van der Waals surface area (Å²) in [6.45, 7) is 2.81. The summed E-state index contributed by atoms with van der Waals surface area (Å²) >= 11 is 0. The highest BCUT2D eigenvalue weighted by atomic mass is 16.2. The molecule has 98 valence electrons. The first-order valence-corrected chi connectivity index (χ1v) is 6.11. The lowest BCUT2D eigenvalue weighted by Gasteiger charge is -2.31. The van der Waals surface area contributed by atoms with Gasteiger partial charge >= 0.3 is 0 Å². The molecule has 0 spiro atoms. The fourth-order valence-corrected chi connectivity index (χ4v) is 2.21. The summed E-state index contributed by atoms with van der Waals surface area (Å²) in [5, 5.41) is 6.83. The van der Waals surface area contributed by atoms with Crippen LogP contribution in [-0.4, -0.2) is 39.6 Å². The van der Waals surface area contributed by atoms with E-state index in [1.54, 1.807) is 35.9 Å². The number of likely N-dealkylation sites (tertiary alicyclic amines) is 1. The summed E-state index contributed by atoms with van der Waals surface area (Å²) < 4.78 is 1.64. The molecule has 0 bridgehead atoms. The van der Waals surface area contributed by atoms with E-state index in [0.717, 1.165) is 19.4 Å². The summed E-state index contributed by atoms with van der Waals surface area (Å²) in [7, 11) is 1.80. The van der Waals surface area contributed by atoms with Crippen LogP contribution in [0.4, 0.5) is 5.69 Å². The van der Waals surface area contributed by atoms with Gasteiger partial charge in [-0.3, -0.25) is 14.3 Å². The summed E-state index contributed by atoms with van der Waals surface area (Å²) in [4.78, 5) is 25.1. The van der Waals surface area contributed by atoms with E-state index in [4.69, 9.17) is 0 Å². The number of hydrogen-bond acceptors (Lipinski definition) is 3. The molecule has 0 saturated carbocycles. The lowest BCUT2D eigenvalue weighted by molar-refractivity contribution is -0.132. The molecule has 0 unspecified atom stereocenters. The first kappa shape index (κ1) is 12.6. The van der Waals surface area contributed by atoms with Crippen LogP contribution in [0.15, 0.2) is 12.4 Å². The maximum Gasteiger partial charge on any atom is 0.229 e. The summed E-state index contributed by atoms with van der Waals surface area (Å²) in [6, 6.07) is 0. The van der Waals surface area contributed by atoms with Crippen molar-refractivity contribution in [3.05, 3.63) is 12.4 Å². The molecule has 2 rings (SSSR count). The van der Waals surface area contributed by atoms with Gasteiger partial charge in [0.15, 0.2) is 0 Å². The highest BCUT2D eigenvalue weighted by molar-refractivity contribution is 5.92. The van der Waals surface area contributed by atoms with Gasteiger partial charge in [-0.05, 0) is 12.8 Å². The van der Waals surface area contributed by atoms with Crippen LogP contribution in [0.2, 0.25) is 0 Å². The number of nitrogens with one attached hydrogen (secondary N) is 1. The highest BCUT2D eigenvalue weighted by Gasteiger charge is 2.27. The van der Waals surface area contributed by atoms with Crippen molar-refractivity contribution in [1.82, 2.24) is 14.7 Å². The highest BCUT2D eigenvalue weighted by Crippen LogP contribution is 2.18. The van der Waals surface area contributed by atoms with E-state index in [0.29, 0.717) is 12.2 Å². The second kappa shape index (κ2) is 5.20. The number of amides is 2. The Morgan fingerprint density at radius 2 is 2.28 bits per heavy atom. The van der Waals surface area contributed by atoms with Gasteiger partial charge in [0, 0.05) is 33.3 Å². The number of piperidine rings is 1. The van der Waals surface area contributed by atoms with Crippen LogP contribution in [0.1, 0.15) is 19.8 Å². The van der Waals surface area contributed by atoms with Crippen molar-refractivity contribution in [2.45, 2.75) is 19.8 Å². The minimum Gasteiger partial charge on any atom is -0.342 e. The molecular weight excluding hydrogens is 232 g/mol. The summed E-state index contributed by atoms with van der Waals surface area (Å²) in [5.41, 5.74) is 0.697. The third-order valence-electron chi connectivity index (χ3n) is 3.21. The Bertz CT molecular complexity index is 455. The molecule has 1 saturated heterocycles.